The molecule has 2 aliphatic rings. The van der Waals surface area contributed by atoms with Crippen LogP contribution in [0.5, 0.6) is 0 Å². The number of para-hydroxylation sites is 1. The molecule has 7 rings (SSSR count). The summed E-state index contributed by atoms with van der Waals surface area (Å²) in [4.78, 5) is 9.37. The Balaban J connectivity index is 1.70. The number of rotatable bonds is 3. The van der Waals surface area contributed by atoms with E-state index < -0.39 is 5.41 Å². The highest BCUT2D eigenvalue weighted by Gasteiger charge is 2.46. The summed E-state index contributed by atoms with van der Waals surface area (Å²) in [5.41, 5.74) is 8.66. The van der Waals surface area contributed by atoms with Crippen molar-refractivity contribution in [3.63, 3.8) is 0 Å². The Labute approximate surface area is 209 Å². The third kappa shape index (κ3) is 2.85. The summed E-state index contributed by atoms with van der Waals surface area (Å²) in [6, 6.07) is 27.6. The van der Waals surface area contributed by atoms with Crippen LogP contribution in [0.2, 0.25) is 5.02 Å². The van der Waals surface area contributed by atoms with E-state index in [0.29, 0.717) is 0 Å². The molecule has 1 atom stereocenters. The molecule has 2 aromatic heterocycles. The number of hydrogen-bond donors (Lipinski definition) is 0. The molecule has 0 radical (unpaired) electrons. The van der Waals surface area contributed by atoms with Gasteiger partial charge < -0.3 is 0 Å². The van der Waals surface area contributed by atoms with Crippen LogP contribution >= 0.6 is 11.6 Å². The van der Waals surface area contributed by atoms with Gasteiger partial charge in [0.05, 0.1) is 22.1 Å². The summed E-state index contributed by atoms with van der Waals surface area (Å²) >= 11 is 6.72. The highest BCUT2D eigenvalue weighted by atomic mass is 35.5. The largest absolute Gasteiger partial charge is 0.292 e. The maximum absolute atomic E-state index is 6.72. The Morgan fingerprint density at radius 3 is 2.49 bits per heavy atom. The number of imidazole rings is 1. The van der Waals surface area contributed by atoms with Gasteiger partial charge in [0.15, 0.2) is 0 Å². The van der Waals surface area contributed by atoms with Crippen molar-refractivity contribution >= 4 is 22.6 Å². The molecule has 168 valence electrons. The fourth-order valence-corrected chi connectivity index (χ4v) is 6.05. The van der Waals surface area contributed by atoms with Gasteiger partial charge in [-0.15, -0.1) is 0 Å². The smallest absolute Gasteiger partial charge is 0.145 e. The minimum atomic E-state index is -0.497. The molecule has 0 spiro atoms. The number of fused-ring (bicyclic) bond motifs is 2. The first-order valence-electron chi connectivity index (χ1n) is 11.9. The van der Waals surface area contributed by atoms with Gasteiger partial charge in [-0.25, -0.2) is 4.98 Å². The summed E-state index contributed by atoms with van der Waals surface area (Å²) in [5, 5.41) is 0.727. The molecule has 5 aromatic rings. The van der Waals surface area contributed by atoms with E-state index in [1.54, 1.807) is 0 Å². The standard InChI is InChI=1S/C31H22ClN3/c32-24-14-15-28-26(20-24)31(22-8-3-1-4-9-22,23-10-5-2-6-11-23)25-12-7-13-27-29(25)35(28)30(34-27)21-16-18-33-19-17-21/h1,3-5,7-20H,2,6H2. The lowest BCUT2D eigenvalue weighted by atomic mass is 9.62. The van der Waals surface area contributed by atoms with Gasteiger partial charge in [0.25, 0.3) is 0 Å². The van der Waals surface area contributed by atoms with E-state index in [0.717, 1.165) is 46.0 Å². The molecule has 1 aliphatic heterocycles. The topological polar surface area (TPSA) is 30.7 Å². The van der Waals surface area contributed by atoms with Crippen LogP contribution in [0.15, 0.2) is 115 Å². The lowest BCUT2D eigenvalue weighted by molar-refractivity contribution is 0.713. The van der Waals surface area contributed by atoms with Crippen molar-refractivity contribution < 1.29 is 0 Å². The van der Waals surface area contributed by atoms with Gasteiger partial charge >= 0.3 is 0 Å². The first-order valence-corrected chi connectivity index (χ1v) is 12.3. The van der Waals surface area contributed by atoms with Crippen LogP contribution in [0, 0.1) is 0 Å². The van der Waals surface area contributed by atoms with Gasteiger partial charge in [-0.1, -0.05) is 72.3 Å². The molecule has 0 N–H and O–H groups in total. The molecule has 35 heavy (non-hydrogen) atoms. The Morgan fingerprint density at radius 1 is 0.829 bits per heavy atom. The molecular formula is C31H22ClN3. The summed E-state index contributed by atoms with van der Waals surface area (Å²) in [7, 11) is 0. The predicted molar refractivity (Wildman–Crippen MR) is 142 cm³/mol. The Bertz CT molecular complexity index is 1650. The molecule has 0 fully saturated rings. The quantitative estimate of drug-likeness (QED) is 0.270. The fraction of sp³-hybridized carbons (Fsp3) is 0.0968. The average molecular weight is 472 g/mol. The molecule has 0 saturated heterocycles. The summed E-state index contributed by atoms with van der Waals surface area (Å²) < 4.78 is 2.31. The lowest BCUT2D eigenvalue weighted by Gasteiger charge is -2.42. The van der Waals surface area contributed by atoms with E-state index in [4.69, 9.17) is 16.6 Å². The SMILES string of the molecule is Clc1ccc2c(c1)C(C1=CCCC=C1)(c1ccccc1)c1cccc3nc(-c4ccncc4)n-2c13. The van der Waals surface area contributed by atoms with Crippen LogP contribution < -0.4 is 0 Å². The molecule has 0 amide bonds. The fourth-order valence-electron chi connectivity index (χ4n) is 5.88. The normalized spacial score (nSPS) is 18.4. The second-order valence-electron chi connectivity index (χ2n) is 9.10. The van der Waals surface area contributed by atoms with Crippen LogP contribution in [0.25, 0.3) is 28.1 Å². The molecule has 1 aliphatic carbocycles. The second-order valence-corrected chi connectivity index (χ2v) is 9.53. The molecule has 0 bridgehead atoms. The average Bonchev–Trinajstić information content (AvgIpc) is 3.31. The van der Waals surface area contributed by atoms with E-state index in [2.05, 4.69) is 88.4 Å². The first kappa shape index (κ1) is 20.4. The van der Waals surface area contributed by atoms with Gasteiger partial charge in [-0.2, -0.15) is 0 Å². The van der Waals surface area contributed by atoms with Crippen molar-refractivity contribution in [1.29, 1.82) is 0 Å². The second kappa shape index (κ2) is 7.79. The maximum atomic E-state index is 6.72. The summed E-state index contributed by atoms with van der Waals surface area (Å²) in [6.45, 7) is 0. The minimum absolute atomic E-state index is 0.497. The van der Waals surface area contributed by atoms with Gasteiger partial charge in [0.1, 0.15) is 5.82 Å². The zero-order chi connectivity index (χ0) is 23.4. The number of nitrogens with zero attached hydrogens (tertiary/aromatic N) is 3. The van der Waals surface area contributed by atoms with Crippen molar-refractivity contribution in [1.82, 2.24) is 14.5 Å². The van der Waals surface area contributed by atoms with Crippen LogP contribution in [-0.2, 0) is 5.41 Å². The van der Waals surface area contributed by atoms with Crippen LogP contribution in [-0.4, -0.2) is 14.5 Å². The van der Waals surface area contributed by atoms with E-state index in [1.165, 1.54) is 22.3 Å². The lowest BCUT2D eigenvalue weighted by Crippen LogP contribution is -2.36. The zero-order valence-corrected chi connectivity index (χ0v) is 19.8. The highest BCUT2D eigenvalue weighted by molar-refractivity contribution is 6.30. The van der Waals surface area contributed by atoms with Crippen LogP contribution in [0.3, 0.4) is 0 Å². The monoisotopic (exact) mass is 471 g/mol. The number of halogens is 1. The molecule has 1 unspecified atom stereocenters. The maximum Gasteiger partial charge on any atom is 0.145 e. The molecule has 3 aromatic carbocycles. The Kier molecular flexibility index (Phi) is 4.55. The third-order valence-electron chi connectivity index (χ3n) is 7.26. The van der Waals surface area contributed by atoms with E-state index in [9.17, 15) is 0 Å². The molecule has 4 heteroatoms. The van der Waals surface area contributed by atoms with Crippen molar-refractivity contribution in [2.24, 2.45) is 0 Å². The van der Waals surface area contributed by atoms with Gasteiger partial charge in [-0.3, -0.25) is 9.55 Å². The van der Waals surface area contributed by atoms with E-state index in [1.807, 2.05) is 30.6 Å². The number of hydrogen-bond acceptors (Lipinski definition) is 2. The Hall–Kier alpha value is -3.95. The van der Waals surface area contributed by atoms with Crippen LogP contribution in [0.1, 0.15) is 29.5 Å². The number of allylic oxidation sites excluding steroid dienone is 4. The zero-order valence-electron chi connectivity index (χ0n) is 19.0. The molecule has 0 saturated carbocycles. The number of aromatic nitrogens is 3. The van der Waals surface area contributed by atoms with Crippen LogP contribution in [0.4, 0.5) is 0 Å². The van der Waals surface area contributed by atoms with E-state index in [-0.39, 0.29) is 0 Å². The van der Waals surface area contributed by atoms with Gasteiger partial charge in [0, 0.05) is 23.0 Å². The highest BCUT2D eigenvalue weighted by Crippen LogP contribution is 2.54. The number of benzene rings is 3. The third-order valence-corrected chi connectivity index (χ3v) is 7.49. The number of pyridine rings is 1. The van der Waals surface area contributed by atoms with Crippen molar-refractivity contribution in [2.45, 2.75) is 18.3 Å². The van der Waals surface area contributed by atoms with Crippen molar-refractivity contribution in [3.8, 4) is 17.1 Å². The molecular weight excluding hydrogens is 450 g/mol. The summed E-state index contributed by atoms with van der Waals surface area (Å²) in [5.74, 6) is 0.910. The van der Waals surface area contributed by atoms with E-state index >= 15 is 0 Å². The minimum Gasteiger partial charge on any atom is -0.292 e. The summed E-state index contributed by atoms with van der Waals surface area (Å²) in [6.07, 6.45) is 12.7. The Morgan fingerprint density at radius 2 is 1.69 bits per heavy atom. The van der Waals surface area contributed by atoms with Gasteiger partial charge in [0.2, 0.25) is 0 Å². The first-order chi connectivity index (χ1) is 17.3. The molecule has 3 nitrogen and oxygen atoms in total. The van der Waals surface area contributed by atoms with Gasteiger partial charge in [-0.05, 0) is 71.5 Å². The van der Waals surface area contributed by atoms with Crippen molar-refractivity contribution in [3.05, 3.63) is 137 Å². The molecule has 3 heterocycles. The van der Waals surface area contributed by atoms with Crippen molar-refractivity contribution in [2.75, 3.05) is 0 Å². The predicted octanol–water partition coefficient (Wildman–Crippen LogP) is 7.67.